The number of carboxylic acid groups (broad SMARTS) is 1. The van der Waals surface area contributed by atoms with Gasteiger partial charge < -0.3 is 15.6 Å². The molecule has 3 N–H and O–H groups in total. The van der Waals surface area contributed by atoms with E-state index in [1.54, 1.807) is 13.2 Å². The molecule has 0 aromatic heterocycles. The zero-order valence-corrected chi connectivity index (χ0v) is 10.4. The van der Waals surface area contributed by atoms with E-state index in [-0.39, 0.29) is 5.60 Å². The molecule has 1 atom stereocenters. The predicted molar refractivity (Wildman–Crippen MR) is 65.8 cm³/mol. The molecule has 0 aliphatic carbocycles. The summed E-state index contributed by atoms with van der Waals surface area (Å²) in [7, 11) is 1.66. The van der Waals surface area contributed by atoms with Crippen molar-refractivity contribution in [2.24, 2.45) is 5.73 Å². The molecule has 94 valence electrons. The van der Waals surface area contributed by atoms with E-state index in [0.29, 0.717) is 12.0 Å². The Morgan fingerprint density at radius 2 is 2.18 bits per heavy atom. The molecule has 0 fully saturated rings. The van der Waals surface area contributed by atoms with Crippen LogP contribution in [0.2, 0.25) is 0 Å². The fourth-order valence-electron chi connectivity index (χ4n) is 1.60. The number of methoxy groups -OCH3 is 1. The van der Waals surface area contributed by atoms with E-state index in [2.05, 4.69) is 0 Å². The lowest BCUT2D eigenvalue weighted by atomic mass is 9.95. The topological polar surface area (TPSA) is 72.5 Å². The number of rotatable bonds is 5. The van der Waals surface area contributed by atoms with Crippen molar-refractivity contribution < 1.29 is 14.6 Å². The van der Waals surface area contributed by atoms with Gasteiger partial charge >= 0.3 is 5.97 Å². The van der Waals surface area contributed by atoms with Crippen LogP contribution in [0.4, 0.5) is 0 Å². The quantitative estimate of drug-likeness (QED) is 0.818. The van der Waals surface area contributed by atoms with Crippen molar-refractivity contribution in [1.82, 2.24) is 0 Å². The number of benzene rings is 1. The molecule has 0 aliphatic heterocycles. The minimum Gasteiger partial charge on any atom is -0.480 e. The van der Waals surface area contributed by atoms with Crippen molar-refractivity contribution >= 4 is 5.97 Å². The van der Waals surface area contributed by atoms with Crippen molar-refractivity contribution in [2.75, 3.05) is 7.11 Å². The first-order valence-corrected chi connectivity index (χ1v) is 5.48. The molecule has 1 rings (SSSR count). The number of carbonyl (C=O) groups is 1. The molecule has 1 aromatic rings. The third-order valence-electron chi connectivity index (χ3n) is 2.76. The van der Waals surface area contributed by atoms with Gasteiger partial charge in [0.05, 0.1) is 5.60 Å². The molecule has 17 heavy (non-hydrogen) atoms. The summed E-state index contributed by atoms with van der Waals surface area (Å²) in [6.45, 7) is 3.97. The van der Waals surface area contributed by atoms with E-state index >= 15 is 0 Å². The third kappa shape index (κ3) is 3.84. The highest BCUT2D eigenvalue weighted by atomic mass is 16.5. The fourth-order valence-corrected chi connectivity index (χ4v) is 1.60. The number of aliphatic carboxylic acids is 1. The maximum absolute atomic E-state index is 10.8. The van der Waals surface area contributed by atoms with E-state index in [1.165, 1.54) is 0 Å². The van der Waals surface area contributed by atoms with Gasteiger partial charge in [-0.25, -0.2) is 0 Å². The van der Waals surface area contributed by atoms with Gasteiger partial charge in [-0.05, 0) is 25.0 Å². The zero-order chi connectivity index (χ0) is 13.1. The summed E-state index contributed by atoms with van der Waals surface area (Å²) in [5.41, 5.74) is 6.93. The summed E-state index contributed by atoms with van der Waals surface area (Å²) >= 11 is 0. The van der Waals surface area contributed by atoms with Gasteiger partial charge in [-0.2, -0.15) is 0 Å². The smallest absolute Gasteiger partial charge is 0.325 e. The highest BCUT2D eigenvalue weighted by Crippen LogP contribution is 2.19. The SMILES string of the molecule is COC(C)(C)Cc1cccc(C(N)C(=O)O)c1. The van der Waals surface area contributed by atoms with Crippen molar-refractivity contribution in [1.29, 1.82) is 0 Å². The van der Waals surface area contributed by atoms with Crippen LogP contribution in [0.25, 0.3) is 0 Å². The van der Waals surface area contributed by atoms with E-state index in [4.69, 9.17) is 15.6 Å². The normalized spacial score (nSPS) is 13.4. The van der Waals surface area contributed by atoms with Gasteiger partial charge in [0.1, 0.15) is 6.04 Å². The van der Waals surface area contributed by atoms with Crippen LogP contribution in [0.1, 0.15) is 31.0 Å². The molecule has 4 heteroatoms. The molecule has 1 aromatic carbocycles. The van der Waals surface area contributed by atoms with Crippen molar-refractivity contribution in [3.05, 3.63) is 35.4 Å². The van der Waals surface area contributed by atoms with Crippen molar-refractivity contribution in [3.63, 3.8) is 0 Å². The lowest BCUT2D eigenvalue weighted by Crippen LogP contribution is -2.26. The molecule has 0 saturated carbocycles. The molecular weight excluding hydrogens is 218 g/mol. The van der Waals surface area contributed by atoms with E-state index in [9.17, 15) is 4.79 Å². The average Bonchev–Trinajstić information content (AvgIpc) is 2.27. The summed E-state index contributed by atoms with van der Waals surface area (Å²) in [6, 6.07) is 6.33. The molecule has 0 heterocycles. The second-order valence-corrected chi connectivity index (χ2v) is 4.70. The molecule has 0 saturated heterocycles. The number of hydrogen-bond donors (Lipinski definition) is 2. The van der Waals surface area contributed by atoms with Gasteiger partial charge in [0.2, 0.25) is 0 Å². The largest absolute Gasteiger partial charge is 0.480 e. The van der Waals surface area contributed by atoms with Gasteiger partial charge in [0.15, 0.2) is 0 Å². The lowest BCUT2D eigenvalue weighted by molar-refractivity contribution is -0.138. The second kappa shape index (κ2) is 5.29. The highest BCUT2D eigenvalue weighted by Gasteiger charge is 2.19. The maximum atomic E-state index is 10.8. The van der Waals surface area contributed by atoms with Crippen LogP contribution in [0.15, 0.2) is 24.3 Å². The van der Waals surface area contributed by atoms with Crippen LogP contribution in [0.5, 0.6) is 0 Å². The van der Waals surface area contributed by atoms with E-state index in [1.807, 2.05) is 32.0 Å². The van der Waals surface area contributed by atoms with Crippen LogP contribution in [-0.4, -0.2) is 23.8 Å². The number of ether oxygens (including phenoxy) is 1. The third-order valence-corrected chi connectivity index (χ3v) is 2.76. The number of nitrogens with two attached hydrogens (primary N) is 1. The summed E-state index contributed by atoms with van der Waals surface area (Å²) in [5, 5.41) is 8.86. The van der Waals surface area contributed by atoms with Crippen molar-refractivity contribution in [2.45, 2.75) is 31.9 Å². The standard InChI is InChI=1S/C13H19NO3/c1-13(2,17-3)8-9-5-4-6-10(7-9)11(14)12(15)16/h4-7,11H,8,14H2,1-3H3,(H,15,16). The Hall–Kier alpha value is -1.39. The van der Waals surface area contributed by atoms with Crippen molar-refractivity contribution in [3.8, 4) is 0 Å². The molecule has 0 bridgehead atoms. The van der Waals surface area contributed by atoms with Crippen LogP contribution in [0, 0.1) is 0 Å². The summed E-state index contributed by atoms with van der Waals surface area (Å²) in [5.74, 6) is -1.02. The second-order valence-electron chi connectivity index (χ2n) is 4.70. The molecule has 0 amide bonds. The Morgan fingerprint density at radius 1 is 1.53 bits per heavy atom. The van der Waals surface area contributed by atoms with Gasteiger partial charge in [-0.3, -0.25) is 4.79 Å². The lowest BCUT2D eigenvalue weighted by Gasteiger charge is -2.23. The molecule has 0 aliphatic rings. The molecule has 4 nitrogen and oxygen atoms in total. The first kappa shape index (κ1) is 13.7. The van der Waals surface area contributed by atoms with Gasteiger partial charge in [-0.15, -0.1) is 0 Å². The summed E-state index contributed by atoms with van der Waals surface area (Å²) < 4.78 is 5.34. The number of hydrogen-bond acceptors (Lipinski definition) is 3. The molecule has 0 spiro atoms. The molecule has 0 radical (unpaired) electrons. The monoisotopic (exact) mass is 237 g/mol. The Bertz CT molecular complexity index is 401. The Kier molecular flexibility index (Phi) is 4.26. The Balaban J connectivity index is 2.90. The first-order chi connectivity index (χ1) is 7.85. The highest BCUT2D eigenvalue weighted by molar-refractivity contribution is 5.75. The number of carboxylic acids is 1. The maximum Gasteiger partial charge on any atom is 0.325 e. The van der Waals surface area contributed by atoms with Gasteiger partial charge in [0.25, 0.3) is 0 Å². The van der Waals surface area contributed by atoms with E-state index < -0.39 is 12.0 Å². The Labute approximate surface area is 101 Å². The van der Waals surface area contributed by atoms with Crippen LogP contribution in [0.3, 0.4) is 0 Å². The zero-order valence-electron chi connectivity index (χ0n) is 10.4. The summed E-state index contributed by atoms with van der Waals surface area (Å²) in [6.07, 6.45) is 0.712. The van der Waals surface area contributed by atoms with Crippen LogP contribution in [-0.2, 0) is 16.0 Å². The first-order valence-electron chi connectivity index (χ1n) is 5.48. The predicted octanol–water partition coefficient (Wildman–Crippen LogP) is 1.74. The van der Waals surface area contributed by atoms with Gasteiger partial charge in [0, 0.05) is 13.5 Å². The minimum atomic E-state index is -1.02. The fraction of sp³-hybridized carbons (Fsp3) is 0.462. The molecule has 1 unspecified atom stereocenters. The Morgan fingerprint density at radius 3 is 2.71 bits per heavy atom. The van der Waals surface area contributed by atoms with E-state index in [0.717, 1.165) is 5.56 Å². The average molecular weight is 237 g/mol. The van der Waals surface area contributed by atoms with Crippen LogP contribution < -0.4 is 5.73 Å². The summed E-state index contributed by atoms with van der Waals surface area (Å²) in [4.78, 5) is 10.8. The minimum absolute atomic E-state index is 0.272. The van der Waals surface area contributed by atoms with Crippen LogP contribution >= 0.6 is 0 Å². The van der Waals surface area contributed by atoms with Gasteiger partial charge in [-0.1, -0.05) is 24.3 Å². The molecular formula is C13H19NO3.